The standard InChI is InChI=1S/C17H11N4/c1-2-4-12(5-3-1)14-8-19-11-21-17(14)15-9-20-16-10-18-7-6-13(15)16/h1-10,20H. The molecule has 0 saturated carbocycles. The number of nitrogens with one attached hydrogen (secondary N) is 1. The van der Waals surface area contributed by atoms with Crippen molar-refractivity contribution in [1.29, 1.82) is 0 Å². The molecule has 4 rings (SSSR count). The fraction of sp³-hybridized carbons (Fsp3) is 0. The van der Waals surface area contributed by atoms with E-state index >= 15 is 0 Å². The lowest BCUT2D eigenvalue weighted by Crippen LogP contribution is -1.90. The number of hydrogen-bond donors (Lipinski definition) is 1. The normalized spacial score (nSPS) is 10.9. The molecular weight excluding hydrogens is 260 g/mol. The van der Waals surface area contributed by atoms with Crippen LogP contribution in [0.15, 0.2) is 61.2 Å². The van der Waals surface area contributed by atoms with Crippen LogP contribution in [-0.4, -0.2) is 19.9 Å². The minimum atomic E-state index is 0.869. The van der Waals surface area contributed by atoms with Gasteiger partial charge in [-0.15, -0.1) is 0 Å². The smallest absolute Gasteiger partial charge is 0.198 e. The van der Waals surface area contributed by atoms with Crippen molar-refractivity contribution in [2.45, 2.75) is 0 Å². The number of aromatic nitrogens is 4. The second kappa shape index (κ2) is 4.83. The summed E-state index contributed by atoms with van der Waals surface area (Å²) in [5.41, 5.74) is 4.97. The predicted octanol–water partition coefficient (Wildman–Crippen LogP) is 3.49. The van der Waals surface area contributed by atoms with E-state index in [4.69, 9.17) is 0 Å². The van der Waals surface area contributed by atoms with Crippen LogP contribution >= 0.6 is 0 Å². The van der Waals surface area contributed by atoms with E-state index in [9.17, 15) is 0 Å². The molecule has 0 aliphatic carbocycles. The molecule has 0 fully saturated rings. The van der Waals surface area contributed by atoms with Crippen LogP contribution in [0.25, 0.3) is 33.3 Å². The number of benzene rings is 1. The quantitative estimate of drug-likeness (QED) is 0.607. The highest BCUT2D eigenvalue weighted by Gasteiger charge is 2.13. The Hall–Kier alpha value is -3.01. The molecule has 99 valence electrons. The average Bonchev–Trinajstić information content (AvgIpc) is 3.00. The number of nitrogens with zero attached hydrogens (tertiary/aromatic N) is 3. The van der Waals surface area contributed by atoms with E-state index in [-0.39, 0.29) is 0 Å². The van der Waals surface area contributed by atoms with Gasteiger partial charge < -0.3 is 4.98 Å². The lowest BCUT2D eigenvalue weighted by Gasteiger charge is -2.06. The molecule has 1 aromatic carbocycles. The number of rotatable bonds is 2. The molecule has 4 nitrogen and oxygen atoms in total. The van der Waals surface area contributed by atoms with Gasteiger partial charge in [-0.1, -0.05) is 30.3 Å². The van der Waals surface area contributed by atoms with Gasteiger partial charge in [-0.05, 0) is 11.6 Å². The molecule has 3 heterocycles. The van der Waals surface area contributed by atoms with Crippen molar-refractivity contribution in [1.82, 2.24) is 19.9 Å². The Labute approximate surface area is 121 Å². The van der Waals surface area contributed by atoms with Gasteiger partial charge >= 0.3 is 0 Å². The summed E-state index contributed by atoms with van der Waals surface area (Å²) >= 11 is 0. The van der Waals surface area contributed by atoms with E-state index in [2.05, 4.69) is 38.4 Å². The summed E-state index contributed by atoms with van der Waals surface area (Å²) in [6, 6.07) is 12.1. The highest BCUT2D eigenvalue weighted by molar-refractivity contribution is 5.97. The van der Waals surface area contributed by atoms with Crippen molar-refractivity contribution in [3.63, 3.8) is 0 Å². The fourth-order valence-corrected chi connectivity index (χ4v) is 2.50. The second-order valence-corrected chi connectivity index (χ2v) is 4.72. The monoisotopic (exact) mass is 271 g/mol. The lowest BCUT2D eigenvalue weighted by atomic mass is 10.0. The molecule has 4 aromatic rings. The van der Waals surface area contributed by atoms with Crippen LogP contribution in [0.5, 0.6) is 0 Å². The number of pyridine rings is 1. The van der Waals surface area contributed by atoms with Crippen molar-refractivity contribution in [2.75, 3.05) is 0 Å². The van der Waals surface area contributed by atoms with Gasteiger partial charge in [-0.3, -0.25) is 4.98 Å². The fourth-order valence-electron chi connectivity index (χ4n) is 2.50. The van der Waals surface area contributed by atoms with Crippen LogP contribution in [-0.2, 0) is 0 Å². The Bertz CT molecular complexity index is 897. The maximum Gasteiger partial charge on any atom is 0.198 e. The molecule has 1 N–H and O–H groups in total. The third kappa shape index (κ3) is 1.97. The largest absolute Gasteiger partial charge is 0.359 e. The molecule has 0 aliphatic heterocycles. The third-order valence-corrected chi connectivity index (χ3v) is 3.49. The SMILES string of the molecule is [c]1ncc(-c2ccccc2)c(-c2c[nH]c3cnccc23)n1. The van der Waals surface area contributed by atoms with Gasteiger partial charge in [0.1, 0.15) is 0 Å². The summed E-state index contributed by atoms with van der Waals surface area (Å²) in [5.74, 6) is 0. The van der Waals surface area contributed by atoms with E-state index in [1.807, 2.05) is 36.7 Å². The number of fused-ring (bicyclic) bond motifs is 1. The Morgan fingerprint density at radius 2 is 1.86 bits per heavy atom. The Morgan fingerprint density at radius 3 is 2.76 bits per heavy atom. The average molecular weight is 271 g/mol. The summed E-state index contributed by atoms with van der Waals surface area (Å²) < 4.78 is 0. The molecule has 0 saturated heterocycles. The van der Waals surface area contributed by atoms with Crippen LogP contribution in [0.2, 0.25) is 0 Å². The van der Waals surface area contributed by atoms with Crippen LogP contribution < -0.4 is 0 Å². The van der Waals surface area contributed by atoms with E-state index in [0.717, 1.165) is 33.3 Å². The Kier molecular flexibility index (Phi) is 2.71. The predicted molar refractivity (Wildman–Crippen MR) is 81.4 cm³/mol. The van der Waals surface area contributed by atoms with E-state index in [1.165, 1.54) is 0 Å². The molecule has 0 bridgehead atoms. The Balaban J connectivity index is 1.98. The van der Waals surface area contributed by atoms with Gasteiger partial charge in [0.15, 0.2) is 6.33 Å². The number of H-pyrrole nitrogens is 1. The van der Waals surface area contributed by atoms with Crippen LogP contribution in [0.3, 0.4) is 0 Å². The molecule has 0 amide bonds. The minimum Gasteiger partial charge on any atom is -0.359 e. The maximum atomic E-state index is 4.37. The van der Waals surface area contributed by atoms with Crippen LogP contribution in [0, 0.1) is 6.33 Å². The first-order valence-electron chi connectivity index (χ1n) is 6.63. The molecule has 21 heavy (non-hydrogen) atoms. The van der Waals surface area contributed by atoms with Crippen LogP contribution in [0.4, 0.5) is 0 Å². The molecular formula is C17H11N4. The van der Waals surface area contributed by atoms with Gasteiger partial charge in [0.05, 0.1) is 17.4 Å². The van der Waals surface area contributed by atoms with Gasteiger partial charge in [0.2, 0.25) is 0 Å². The third-order valence-electron chi connectivity index (χ3n) is 3.49. The highest BCUT2D eigenvalue weighted by Crippen LogP contribution is 2.33. The summed E-state index contributed by atoms with van der Waals surface area (Å²) in [7, 11) is 0. The molecule has 4 heteroatoms. The number of hydrogen-bond acceptors (Lipinski definition) is 3. The topological polar surface area (TPSA) is 54.5 Å². The zero-order chi connectivity index (χ0) is 14.1. The zero-order valence-electron chi connectivity index (χ0n) is 11.1. The van der Waals surface area contributed by atoms with Crippen molar-refractivity contribution in [3.05, 3.63) is 67.5 Å². The molecule has 3 aromatic heterocycles. The summed E-state index contributed by atoms with van der Waals surface area (Å²) in [4.78, 5) is 15.8. The molecule has 0 spiro atoms. The van der Waals surface area contributed by atoms with E-state index < -0.39 is 0 Å². The van der Waals surface area contributed by atoms with E-state index in [1.54, 1.807) is 12.4 Å². The highest BCUT2D eigenvalue weighted by atomic mass is 14.8. The Morgan fingerprint density at radius 1 is 0.952 bits per heavy atom. The van der Waals surface area contributed by atoms with Crippen molar-refractivity contribution in [3.8, 4) is 22.4 Å². The molecule has 1 radical (unpaired) electrons. The van der Waals surface area contributed by atoms with Crippen molar-refractivity contribution in [2.24, 2.45) is 0 Å². The first kappa shape index (κ1) is 11.8. The first-order chi connectivity index (χ1) is 10.4. The molecule has 0 unspecified atom stereocenters. The first-order valence-corrected chi connectivity index (χ1v) is 6.63. The molecule has 0 atom stereocenters. The number of aromatic amines is 1. The lowest BCUT2D eigenvalue weighted by molar-refractivity contribution is 1.16. The maximum absolute atomic E-state index is 4.37. The zero-order valence-corrected chi connectivity index (χ0v) is 11.1. The minimum absolute atomic E-state index is 0.869. The van der Waals surface area contributed by atoms with Gasteiger partial charge in [0, 0.05) is 35.1 Å². The molecule has 0 aliphatic rings. The summed E-state index contributed by atoms with van der Waals surface area (Å²) in [6.07, 6.45) is 10.0. The van der Waals surface area contributed by atoms with Gasteiger partial charge in [-0.2, -0.15) is 0 Å². The summed E-state index contributed by atoms with van der Waals surface area (Å²) in [5, 5.41) is 1.09. The van der Waals surface area contributed by atoms with Gasteiger partial charge in [0.25, 0.3) is 0 Å². The van der Waals surface area contributed by atoms with Crippen molar-refractivity contribution < 1.29 is 0 Å². The van der Waals surface area contributed by atoms with Crippen molar-refractivity contribution >= 4 is 10.9 Å². The van der Waals surface area contributed by atoms with Gasteiger partial charge in [-0.25, -0.2) is 9.97 Å². The summed E-state index contributed by atoms with van der Waals surface area (Å²) in [6.45, 7) is 0. The van der Waals surface area contributed by atoms with E-state index in [0.29, 0.717) is 0 Å². The second-order valence-electron chi connectivity index (χ2n) is 4.72. The van der Waals surface area contributed by atoms with Crippen LogP contribution in [0.1, 0.15) is 0 Å².